The van der Waals surface area contributed by atoms with Gasteiger partial charge in [-0.25, -0.2) is 0 Å². The molecule has 4 nitrogen and oxygen atoms in total. The maximum absolute atomic E-state index is 13.2. The van der Waals surface area contributed by atoms with Gasteiger partial charge in [0, 0.05) is 0 Å². The molecule has 0 fully saturated rings. The average molecular weight is 246 g/mol. The van der Waals surface area contributed by atoms with Gasteiger partial charge in [0.2, 0.25) is 11.6 Å². The summed E-state index contributed by atoms with van der Waals surface area (Å²) in [5.41, 5.74) is -0.284. The minimum absolute atomic E-state index is 0.202. The number of H-pyrrole nitrogens is 1. The maximum Gasteiger partial charge on any atom is 0.253 e. The molecule has 0 atom stereocenters. The third-order valence-electron chi connectivity index (χ3n) is 2.09. The molecule has 0 saturated heterocycles. The zero-order chi connectivity index (χ0) is 12.6. The molecule has 0 spiro atoms. The number of nitrogens with zero attached hydrogens (tertiary/aromatic N) is 2. The molecule has 0 aliphatic carbocycles. The molecular weight excluding hydrogens is 240 g/mol. The number of aromatic nitrogens is 3. The summed E-state index contributed by atoms with van der Waals surface area (Å²) in [5, 5.41) is 8.29. The summed E-state index contributed by atoms with van der Waals surface area (Å²) in [6, 6.07) is 0. The van der Waals surface area contributed by atoms with Crippen LogP contribution in [-0.4, -0.2) is 15.2 Å². The second-order valence-corrected chi connectivity index (χ2v) is 3.23. The second-order valence-electron chi connectivity index (χ2n) is 3.23. The van der Waals surface area contributed by atoms with Crippen molar-refractivity contribution in [1.82, 2.24) is 15.2 Å². The first-order chi connectivity index (χ1) is 8.00. The molecule has 2 rings (SSSR count). The van der Waals surface area contributed by atoms with Gasteiger partial charge in [0.25, 0.3) is 11.9 Å². The van der Waals surface area contributed by atoms with E-state index in [1.807, 2.05) is 0 Å². The van der Waals surface area contributed by atoms with Gasteiger partial charge in [0.1, 0.15) is 5.69 Å². The van der Waals surface area contributed by atoms with Crippen molar-refractivity contribution in [2.24, 2.45) is 0 Å². The molecule has 0 radical (unpaired) electrons. The van der Waals surface area contributed by atoms with Crippen LogP contribution in [0.3, 0.4) is 0 Å². The van der Waals surface area contributed by atoms with Gasteiger partial charge in [0.15, 0.2) is 0 Å². The second kappa shape index (κ2) is 4.04. The fourth-order valence-corrected chi connectivity index (χ4v) is 1.21. The molecule has 17 heavy (non-hydrogen) atoms. The molecule has 0 saturated carbocycles. The highest BCUT2D eigenvalue weighted by molar-refractivity contribution is 5.61. The van der Waals surface area contributed by atoms with Crippen LogP contribution in [0.5, 0.6) is 0 Å². The lowest BCUT2D eigenvalue weighted by atomic mass is 10.3. The van der Waals surface area contributed by atoms with E-state index in [1.165, 1.54) is 6.20 Å². The van der Waals surface area contributed by atoms with E-state index in [-0.39, 0.29) is 5.69 Å². The van der Waals surface area contributed by atoms with Crippen molar-refractivity contribution in [3.63, 3.8) is 0 Å². The minimum Gasteiger partial charge on any atom is -0.348 e. The predicted octanol–water partition coefficient (Wildman–Crippen LogP) is 2.41. The van der Waals surface area contributed by atoms with Crippen molar-refractivity contribution in [3.05, 3.63) is 35.4 Å². The lowest BCUT2D eigenvalue weighted by molar-refractivity contribution is 0.411. The van der Waals surface area contributed by atoms with E-state index in [0.717, 1.165) is 0 Å². The summed E-state index contributed by atoms with van der Waals surface area (Å²) in [7, 11) is 0. The van der Waals surface area contributed by atoms with E-state index in [0.29, 0.717) is 5.69 Å². The van der Waals surface area contributed by atoms with Gasteiger partial charge in [-0.1, -0.05) is 0 Å². The Morgan fingerprint density at radius 3 is 2.18 bits per heavy atom. The third kappa shape index (κ3) is 1.93. The SMILES string of the molecule is Cc1[nH]ncc1Nc1c(F)c(F)nc(F)c1F. The van der Waals surface area contributed by atoms with Gasteiger partial charge in [0.05, 0.1) is 17.6 Å². The molecule has 0 aliphatic heterocycles. The van der Waals surface area contributed by atoms with Gasteiger partial charge in [-0.3, -0.25) is 5.10 Å². The number of halogens is 4. The van der Waals surface area contributed by atoms with Gasteiger partial charge in [-0.15, -0.1) is 0 Å². The molecule has 0 amide bonds. The summed E-state index contributed by atoms with van der Waals surface area (Å²) in [4.78, 5) is 2.44. The topological polar surface area (TPSA) is 53.6 Å². The van der Waals surface area contributed by atoms with Crippen LogP contribution in [0.2, 0.25) is 0 Å². The number of hydrogen-bond donors (Lipinski definition) is 2. The van der Waals surface area contributed by atoms with Crippen LogP contribution in [0.1, 0.15) is 5.69 Å². The molecule has 90 valence electrons. The Morgan fingerprint density at radius 1 is 1.12 bits per heavy atom. The number of anilines is 2. The van der Waals surface area contributed by atoms with Gasteiger partial charge < -0.3 is 5.32 Å². The Kier molecular flexibility index (Phi) is 2.70. The number of nitrogens with one attached hydrogen (secondary N) is 2. The van der Waals surface area contributed by atoms with Crippen LogP contribution in [-0.2, 0) is 0 Å². The Bertz CT molecular complexity index is 540. The Morgan fingerprint density at radius 2 is 1.71 bits per heavy atom. The van der Waals surface area contributed by atoms with Crippen molar-refractivity contribution < 1.29 is 17.6 Å². The van der Waals surface area contributed by atoms with Gasteiger partial charge in [-0.05, 0) is 6.92 Å². The van der Waals surface area contributed by atoms with E-state index >= 15 is 0 Å². The number of aromatic amines is 1. The number of pyridine rings is 1. The summed E-state index contributed by atoms with van der Waals surface area (Å²) >= 11 is 0. The van der Waals surface area contributed by atoms with Crippen molar-refractivity contribution >= 4 is 11.4 Å². The van der Waals surface area contributed by atoms with Gasteiger partial charge >= 0.3 is 0 Å². The van der Waals surface area contributed by atoms with Crippen LogP contribution in [0.25, 0.3) is 0 Å². The molecule has 2 heterocycles. The Hall–Kier alpha value is -2.12. The minimum atomic E-state index is -1.72. The fourth-order valence-electron chi connectivity index (χ4n) is 1.21. The van der Waals surface area contributed by atoms with E-state index in [2.05, 4.69) is 20.5 Å². The number of rotatable bonds is 2. The van der Waals surface area contributed by atoms with E-state index in [1.54, 1.807) is 6.92 Å². The van der Waals surface area contributed by atoms with Crippen molar-refractivity contribution in [1.29, 1.82) is 0 Å². The molecule has 2 aromatic rings. The van der Waals surface area contributed by atoms with Crippen molar-refractivity contribution in [2.75, 3.05) is 5.32 Å². The van der Waals surface area contributed by atoms with E-state index in [4.69, 9.17) is 0 Å². The zero-order valence-corrected chi connectivity index (χ0v) is 8.48. The van der Waals surface area contributed by atoms with Crippen molar-refractivity contribution in [2.45, 2.75) is 6.92 Å². The highest BCUT2D eigenvalue weighted by Crippen LogP contribution is 2.26. The largest absolute Gasteiger partial charge is 0.348 e. The molecule has 0 unspecified atom stereocenters. The Balaban J connectivity index is 2.49. The van der Waals surface area contributed by atoms with Crippen LogP contribution in [0.15, 0.2) is 6.20 Å². The summed E-state index contributed by atoms with van der Waals surface area (Å²) < 4.78 is 52.0. The standard InChI is InChI=1S/C9H6F4N4/c1-3-4(2-14-17-3)15-7-5(10)8(12)16-9(13)6(7)11/h2H,1H3,(H,14,17)(H,15,16). The van der Waals surface area contributed by atoms with Crippen molar-refractivity contribution in [3.8, 4) is 0 Å². The first-order valence-corrected chi connectivity index (χ1v) is 4.47. The summed E-state index contributed by atoms with van der Waals surface area (Å²) in [5.74, 6) is -6.62. The quantitative estimate of drug-likeness (QED) is 0.632. The van der Waals surface area contributed by atoms with Crippen LogP contribution >= 0.6 is 0 Å². The molecular formula is C9H6F4N4. The normalized spacial score (nSPS) is 10.6. The molecule has 2 N–H and O–H groups in total. The predicted molar refractivity (Wildman–Crippen MR) is 50.7 cm³/mol. The monoisotopic (exact) mass is 246 g/mol. The first-order valence-electron chi connectivity index (χ1n) is 4.47. The van der Waals surface area contributed by atoms with Crippen LogP contribution < -0.4 is 5.32 Å². The number of hydrogen-bond acceptors (Lipinski definition) is 3. The molecule has 0 aliphatic rings. The third-order valence-corrected chi connectivity index (χ3v) is 2.09. The average Bonchev–Trinajstić information content (AvgIpc) is 2.68. The summed E-state index contributed by atoms with van der Waals surface area (Å²) in [6.07, 6.45) is 1.23. The molecule has 0 bridgehead atoms. The fraction of sp³-hybridized carbons (Fsp3) is 0.111. The Labute approximate surface area is 92.7 Å². The molecule has 0 aromatic carbocycles. The summed E-state index contributed by atoms with van der Waals surface area (Å²) in [6.45, 7) is 1.57. The lowest BCUT2D eigenvalue weighted by Crippen LogP contribution is -2.06. The number of aryl methyl sites for hydroxylation is 1. The van der Waals surface area contributed by atoms with E-state index in [9.17, 15) is 17.6 Å². The van der Waals surface area contributed by atoms with Gasteiger partial charge in [-0.2, -0.15) is 27.6 Å². The molecule has 8 heteroatoms. The highest BCUT2D eigenvalue weighted by atomic mass is 19.2. The first kappa shape index (κ1) is 11.4. The zero-order valence-electron chi connectivity index (χ0n) is 8.48. The smallest absolute Gasteiger partial charge is 0.253 e. The van der Waals surface area contributed by atoms with Crippen LogP contribution in [0, 0.1) is 30.5 Å². The highest BCUT2D eigenvalue weighted by Gasteiger charge is 2.21. The lowest BCUT2D eigenvalue weighted by Gasteiger charge is -2.08. The molecule has 2 aromatic heterocycles. The van der Waals surface area contributed by atoms with E-state index < -0.39 is 29.2 Å². The maximum atomic E-state index is 13.2. The van der Waals surface area contributed by atoms with Crippen LogP contribution in [0.4, 0.5) is 28.9 Å².